The van der Waals surface area contributed by atoms with Gasteiger partial charge in [-0.3, -0.25) is 14.2 Å². The number of carbonyl (C=O) groups excluding carboxylic acids is 2. The van der Waals surface area contributed by atoms with Gasteiger partial charge < -0.3 is 15.2 Å². The fraction of sp³-hybridized carbons (Fsp3) is 0.321. The van der Waals surface area contributed by atoms with Crippen molar-refractivity contribution in [2.24, 2.45) is 5.41 Å². The molecule has 0 aliphatic carbocycles. The summed E-state index contributed by atoms with van der Waals surface area (Å²) in [4.78, 5) is 31.6. The van der Waals surface area contributed by atoms with E-state index in [1.54, 1.807) is 17.0 Å². The summed E-state index contributed by atoms with van der Waals surface area (Å²) < 4.78 is 45.5. The third kappa shape index (κ3) is 4.71. The van der Waals surface area contributed by atoms with Gasteiger partial charge in [0.2, 0.25) is 0 Å². The molecule has 2 aromatic carbocycles. The van der Waals surface area contributed by atoms with Crippen molar-refractivity contribution in [3.05, 3.63) is 77.6 Å². The van der Waals surface area contributed by atoms with Crippen LogP contribution in [-0.2, 0) is 13.1 Å². The number of aromatic nitrogens is 3. The summed E-state index contributed by atoms with van der Waals surface area (Å²) in [6.45, 7) is 6.84. The molecule has 0 unspecified atom stereocenters. The van der Waals surface area contributed by atoms with E-state index in [-0.39, 0.29) is 29.5 Å². The predicted molar refractivity (Wildman–Crippen MR) is 137 cm³/mol. The molecule has 0 spiro atoms. The lowest BCUT2D eigenvalue weighted by Crippen LogP contribution is -2.51. The second kappa shape index (κ2) is 9.75. The Hall–Kier alpha value is -3.92. The normalized spacial score (nSPS) is 14.7. The summed E-state index contributed by atoms with van der Waals surface area (Å²) in [6, 6.07) is 7.86. The molecule has 2 aromatic heterocycles. The topological polar surface area (TPSA) is 81.0 Å². The van der Waals surface area contributed by atoms with Crippen molar-refractivity contribution in [1.82, 2.24) is 24.8 Å². The zero-order valence-corrected chi connectivity index (χ0v) is 21.3. The highest BCUT2D eigenvalue weighted by atomic mass is 19.2. The number of benzene rings is 2. The molecule has 5 rings (SSSR count). The van der Waals surface area contributed by atoms with Gasteiger partial charge in [0.15, 0.2) is 17.3 Å². The van der Waals surface area contributed by atoms with E-state index in [1.165, 1.54) is 4.57 Å². The summed E-state index contributed by atoms with van der Waals surface area (Å²) in [6.07, 6.45) is 4.10. The Bertz CT molecular complexity index is 1520. The fourth-order valence-corrected chi connectivity index (χ4v) is 4.76. The van der Waals surface area contributed by atoms with Crippen LogP contribution in [-0.4, -0.2) is 38.5 Å². The Labute approximate surface area is 217 Å². The van der Waals surface area contributed by atoms with E-state index < -0.39 is 34.8 Å². The van der Waals surface area contributed by atoms with Crippen LogP contribution < -0.4 is 10.6 Å². The smallest absolute Gasteiger partial charge is 0.272 e. The Kier molecular flexibility index (Phi) is 6.60. The number of nitrogens with zero attached hydrogens (tertiary/aromatic N) is 3. The van der Waals surface area contributed by atoms with E-state index in [4.69, 9.17) is 0 Å². The minimum atomic E-state index is -1.31. The van der Waals surface area contributed by atoms with Gasteiger partial charge in [-0.05, 0) is 35.2 Å². The van der Waals surface area contributed by atoms with Crippen LogP contribution in [0.2, 0.25) is 0 Å². The molecule has 1 atom stereocenters. The fourth-order valence-electron chi connectivity index (χ4n) is 4.76. The number of rotatable bonds is 4. The summed E-state index contributed by atoms with van der Waals surface area (Å²) in [7, 11) is 0. The van der Waals surface area contributed by atoms with Crippen LogP contribution in [0.25, 0.3) is 22.2 Å². The zero-order chi connectivity index (χ0) is 27.2. The molecule has 4 aromatic rings. The van der Waals surface area contributed by atoms with Gasteiger partial charge in [0.05, 0.1) is 11.3 Å². The van der Waals surface area contributed by atoms with E-state index in [9.17, 15) is 22.8 Å². The minimum absolute atomic E-state index is 0.00162. The maximum atomic E-state index is 14.7. The maximum Gasteiger partial charge on any atom is 0.272 e. The third-order valence-corrected chi connectivity index (χ3v) is 6.76. The van der Waals surface area contributed by atoms with E-state index in [1.807, 2.05) is 45.0 Å². The number of carbonyl (C=O) groups is 2. The van der Waals surface area contributed by atoms with Gasteiger partial charge in [0, 0.05) is 31.5 Å². The lowest BCUT2D eigenvalue weighted by Gasteiger charge is -2.30. The molecule has 0 radical (unpaired) electrons. The summed E-state index contributed by atoms with van der Waals surface area (Å²) in [5.41, 5.74) is -0.426. The molecular weight excluding hydrogens is 495 g/mol. The average Bonchev–Trinajstić information content (AvgIpc) is 3.37. The number of hydrogen-bond donors (Lipinski definition) is 2. The van der Waals surface area contributed by atoms with Crippen LogP contribution >= 0.6 is 0 Å². The van der Waals surface area contributed by atoms with Crippen molar-refractivity contribution < 1.29 is 22.8 Å². The van der Waals surface area contributed by atoms with Crippen molar-refractivity contribution in [3.63, 3.8) is 0 Å². The quantitative estimate of drug-likeness (QED) is 0.373. The van der Waals surface area contributed by atoms with Crippen LogP contribution in [0.3, 0.4) is 0 Å². The molecule has 38 heavy (non-hydrogen) atoms. The SMILES string of the molecule is CC(C)(C)[C@H](NC(=O)c1nc(-c2cc(F)c(F)cc2F)n2c1CNCCC2)C(=O)n1cc2ccccc2c1. The lowest BCUT2D eigenvalue weighted by atomic mass is 9.86. The van der Waals surface area contributed by atoms with E-state index in [0.717, 1.165) is 16.8 Å². The van der Waals surface area contributed by atoms with Crippen molar-refractivity contribution in [2.75, 3.05) is 6.54 Å². The minimum Gasteiger partial charge on any atom is -0.338 e. The molecular formula is C28H28F3N5O2. The van der Waals surface area contributed by atoms with Gasteiger partial charge in [-0.15, -0.1) is 0 Å². The summed E-state index contributed by atoms with van der Waals surface area (Å²) >= 11 is 0. The summed E-state index contributed by atoms with van der Waals surface area (Å²) in [5.74, 6) is -4.41. The zero-order valence-electron chi connectivity index (χ0n) is 21.3. The van der Waals surface area contributed by atoms with Crippen molar-refractivity contribution >= 4 is 22.6 Å². The number of hydrogen-bond acceptors (Lipinski definition) is 4. The molecule has 198 valence electrons. The highest BCUT2D eigenvalue weighted by molar-refractivity contribution is 5.99. The standard InChI is InChI=1S/C28H28F3N5O2/c1-28(2,3)24(27(38)35-14-16-7-4-5-8-17(16)15-35)34-26(37)23-22-13-32-9-6-10-36(22)25(33-23)18-11-20(30)21(31)12-19(18)29/h4-5,7-8,11-12,14-15,24,32H,6,9-10,13H2,1-3H3,(H,34,37)/t24-/m1/s1. The van der Waals surface area contributed by atoms with Crippen molar-refractivity contribution in [3.8, 4) is 11.4 Å². The van der Waals surface area contributed by atoms with E-state index in [2.05, 4.69) is 15.6 Å². The van der Waals surface area contributed by atoms with Gasteiger partial charge in [0.1, 0.15) is 17.7 Å². The maximum absolute atomic E-state index is 14.7. The lowest BCUT2D eigenvalue weighted by molar-refractivity contribution is 0.0718. The predicted octanol–water partition coefficient (Wildman–Crippen LogP) is 4.90. The van der Waals surface area contributed by atoms with Gasteiger partial charge in [-0.2, -0.15) is 0 Å². The van der Waals surface area contributed by atoms with Gasteiger partial charge >= 0.3 is 0 Å². The van der Waals surface area contributed by atoms with E-state index in [0.29, 0.717) is 31.3 Å². The molecule has 0 saturated carbocycles. The number of imidazole rings is 1. The van der Waals surface area contributed by atoms with Gasteiger partial charge in [0.25, 0.3) is 11.8 Å². The average molecular weight is 524 g/mol. The molecule has 10 heteroatoms. The molecule has 1 aliphatic rings. The first-order valence-corrected chi connectivity index (χ1v) is 12.4. The largest absolute Gasteiger partial charge is 0.338 e. The second-order valence-electron chi connectivity index (χ2n) is 10.6. The van der Waals surface area contributed by atoms with Crippen LogP contribution in [0, 0.1) is 22.9 Å². The molecule has 7 nitrogen and oxygen atoms in total. The second-order valence-corrected chi connectivity index (χ2v) is 10.6. The highest BCUT2D eigenvalue weighted by Gasteiger charge is 2.36. The first kappa shape index (κ1) is 25.7. The summed E-state index contributed by atoms with van der Waals surface area (Å²) in [5, 5.41) is 7.84. The van der Waals surface area contributed by atoms with Crippen LogP contribution in [0.4, 0.5) is 13.2 Å². The van der Waals surface area contributed by atoms with Gasteiger partial charge in [-0.25, -0.2) is 18.2 Å². The Balaban J connectivity index is 1.53. The first-order valence-electron chi connectivity index (χ1n) is 12.4. The van der Waals surface area contributed by atoms with Crippen LogP contribution in [0.15, 0.2) is 48.8 Å². The third-order valence-electron chi connectivity index (χ3n) is 6.76. The molecule has 2 N–H and O–H groups in total. The molecule has 1 aliphatic heterocycles. The molecule has 1 amide bonds. The number of fused-ring (bicyclic) bond motifs is 2. The first-order chi connectivity index (χ1) is 18.0. The van der Waals surface area contributed by atoms with Crippen molar-refractivity contribution in [1.29, 1.82) is 0 Å². The van der Waals surface area contributed by atoms with Crippen LogP contribution in [0.1, 0.15) is 48.2 Å². The molecule has 0 fully saturated rings. The Morgan fingerprint density at radius 2 is 1.68 bits per heavy atom. The van der Waals surface area contributed by atoms with Crippen molar-refractivity contribution in [2.45, 2.75) is 46.3 Å². The van der Waals surface area contributed by atoms with E-state index >= 15 is 0 Å². The molecule has 3 heterocycles. The Morgan fingerprint density at radius 3 is 2.34 bits per heavy atom. The number of amides is 1. The van der Waals surface area contributed by atoms with Crippen LogP contribution in [0.5, 0.6) is 0 Å². The highest BCUT2D eigenvalue weighted by Crippen LogP contribution is 2.29. The monoisotopic (exact) mass is 523 g/mol. The number of nitrogens with one attached hydrogen (secondary N) is 2. The number of halogens is 3. The Morgan fingerprint density at radius 1 is 1.03 bits per heavy atom. The molecule has 0 saturated heterocycles. The molecule has 0 bridgehead atoms. The van der Waals surface area contributed by atoms with Gasteiger partial charge in [-0.1, -0.05) is 45.0 Å².